The second-order valence-electron chi connectivity index (χ2n) is 4.49. The highest BCUT2D eigenvalue weighted by atomic mass is 35.5. The standard InChI is InChI=1S/C17H10Cl2O/c18-14-6-3-7-15(19)16(14)17(20)13-9-8-11-4-1-2-5-12(11)10-13/h1-10H. The highest BCUT2D eigenvalue weighted by Gasteiger charge is 2.16. The van der Waals surface area contributed by atoms with Gasteiger partial charge < -0.3 is 0 Å². The van der Waals surface area contributed by atoms with E-state index in [2.05, 4.69) is 0 Å². The Bertz CT molecular complexity index is 789. The molecule has 3 aromatic carbocycles. The number of halogens is 2. The summed E-state index contributed by atoms with van der Waals surface area (Å²) in [4.78, 5) is 12.6. The lowest BCUT2D eigenvalue weighted by Crippen LogP contribution is -2.03. The van der Waals surface area contributed by atoms with Crippen LogP contribution in [0.2, 0.25) is 10.0 Å². The Morgan fingerprint density at radius 2 is 1.40 bits per heavy atom. The maximum atomic E-state index is 12.6. The average molecular weight is 301 g/mol. The Hall–Kier alpha value is -1.83. The predicted molar refractivity (Wildman–Crippen MR) is 83.8 cm³/mol. The molecule has 3 heteroatoms. The molecule has 0 aliphatic carbocycles. The molecule has 0 heterocycles. The number of fused-ring (bicyclic) bond motifs is 1. The predicted octanol–water partition coefficient (Wildman–Crippen LogP) is 5.38. The molecular formula is C17H10Cl2O. The van der Waals surface area contributed by atoms with Crippen molar-refractivity contribution in [1.82, 2.24) is 0 Å². The summed E-state index contributed by atoms with van der Waals surface area (Å²) in [5.74, 6) is -0.161. The largest absolute Gasteiger partial charge is 0.288 e. The first kappa shape index (κ1) is 13.2. The van der Waals surface area contributed by atoms with Crippen molar-refractivity contribution >= 4 is 39.8 Å². The third kappa shape index (κ3) is 2.31. The first-order valence-electron chi connectivity index (χ1n) is 6.14. The zero-order valence-electron chi connectivity index (χ0n) is 10.4. The summed E-state index contributed by atoms with van der Waals surface area (Å²) in [6, 6.07) is 18.5. The van der Waals surface area contributed by atoms with Crippen molar-refractivity contribution in [2.24, 2.45) is 0 Å². The van der Waals surface area contributed by atoms with Gasteiger partial charge in [-0.2, -0.15) is 0 Å². The minimum absolute atomic E-state index is 0.161. The van der Waals surface area contributed by atoms with Gasteiger partial charge in [-0.1, -0.05) is 65.7 Å². The lowest BCUT2D eigenvalue weighted by atomic mass is 10.00. The van der Waals surface area contributed by atoms with Gasteiger partial charge in [0.1, 0.15) is 0 Å². The van der Waals surface area contributed by atoms with E-state index in [1.54, 1.807) is 24.3 Å². The number of hydrogen-bond acceptors (Lipinski definition) is 1. The molecule has 0 aromatic heterocycles. The normalized spacial score (nSPS) is 10.7. The van der Waals surface area contributed by atoms with Gasteiger partial charge in [0.05, 0.1) is 15.6 Å². The first-order chi connectivity index (χ1) is 9.66. The Balaban J connectivity index is 2.13. The van der Waals surface area contributed by atoms with Crippen molar-refractivity contribution in [3.63, 3.8) is 0 Å². The third-order valence-corrected chi connectivity index (χ3v) is 3.83. The molecule has 0 amide bonds. The second kappa shape index (κ2) is 5.28. The summed E-state index contributed by atoms with van der Waals surface area (Å²) >= 11 is 12.2. The third-order valence-electron chi connectivity index (χ3n) is 3.20. The van der Waals surface area contributed by atoms with E-state index in [1.807, 2.05) is 36.4 Å². The van der Waals surface area contributed by atoms with Crippen LogP contribution in [0.4, 0.5) is 0 Å². The minimum atomic E-state index is -0.161. The summed E-state index contributed by atoms with van der Waals surface area (Å²) in [5.41, 5.74) is 0.935. The number of carbonyl (C=O) groups excluding carboxylic acids is 1. The van der Waals surface area contributed by atoms with E-state index in [-0.39, 0.29) is 5.78 Å². The smallest absolute Gasteiger partial charge is 0.196 e. The fraction of sp³-hybridized carbons (Fsp3) is 0. The number of ketones is 1. The highest BCUT2D eigenvalue weighted by Crippen LogP contribution is 2.28. The second-order valence-corrected chi connectivity index (χ2v) is 5.30. The van der Waals surface area contributed by atoms with Gasteiger partial charge in [-0.05, 0) is 29.0 Å². The molecule has 3 aromatic rings. The van der Waals surface area contributed by atoms with Crippen LogP contribution in [-0.4, -0.2) is 5.78 Å². The van der Waals surface area contributed by atoms with Crippen LogP contribution < -0.4 is 0 Å². The summed E-state index contributed by atoms with van der Waals surface area (Å²) in [7, 11) is 0. The van der Waals surface area contributed by atoms with Gasteiger partial charge in [0.25, 0.3) is 0 Å². The Kier molecular flexibility index (Phi) is 3.47. The molecule has 0 bridgehead atoms. The fourth-order valence-corrected chi connectivity index (χ4v) is 2.76. The van der Waals surface area contributed by atoms with Crippen LogP contribution in [0.15, 0.2) is 60.7 Å². The van der Waals surface area contributed by atoms with Gasteiger partial charge in [0.2, 0.25) is 0 Å². The van der Waals surface area contributed by atoms with Gasteiger partial charge in [-0.3, -0.25) is 4.79 Å². The van der Waals surface area contributed by atoms with Crippen molar-refractivity contribution in [1.29, 1.82) is 0 Å². The number of hydrogen-bond donors (Lipinski definition) is 0. The quantitative estimate of drug-likeness (QED) is 0.581. The van der Waals surface area contributed by atoms with Crippen LogP contribution >= 0.6 is 23.2 Å². The minimum Gasteiger partial charge on any atom is -0.288 e. The molecule has 0 unspecified atom stereocenters. The molecule has 0 saturated heterocycles. The SMILES string of the molecule is O=C(c1ccc2ccccc2c1)c1c(Cl)cccc1Cl. The van der Waals surface area contributed by atoms with E-state index in [9.17, 15) is 4.79 Å². The highest BCUT2D eigenvalue weighted by molar-refractivity contribution is 6.41. The topological polar surface area (TPSA) is 17.1 Å². The molecule has 0 atom stereocenters. The number of carbonyl (C=O) groups is 1. The van der Waals surface area contributed by atoms with E-state index in [0.29, 0.717) is 21.2 Å². The van der Waals surface area contributed by atoms with Crippen molar-refractivity contribution < 1.29 is 4.79 Å². The lowest BCUT2D eigenvalue weighted by Gasteiger charge is -2.07. The molecule has 0 radical (unpaired) electrons. The van der Waals surface area contributed by atoms with Crippen molar-refractivity contribution in [3.8, 4) is 0 Å². The Labute approximate surface area is 126 Å². The molecule has 20 heavy (non-hydrogen) atoms. The Morgan fingerprint density at radius 1 is 0.750 bits per heavy atom. The monoisotopic (exact) mass is 300 g/mol. The van der Waals surface area contributed by atoms with Crippen molar-refractivity contribution in [2.75, 3.05) is 0 Å². The molecule has 0 aliphatic rings. The van der Waals surface area contributed by atoms with Crippen LogP contribution in [0.25, 0.3) is 10.8 Å². The molecule has 3 rings (SSSR count). The summed E-state index contributed by atoms with van der Waals surface area (Å²) < 4.78 is 0. The van der Waals surface area contributed by atoms with Crippen LogP contribution in [0.1, 0.15) is 15.9 Å². The maximum absolute atomic E-state index is 12.6. The van der Waals surface area contributed by atoms with Crippen LogP contribution in [0.3, 0.4) is 0 Å². The average Bonchev–Trinajstić information content (AvgIpc) is 2.46. The molecule has 0 N–H and O–H groups in total. The van der Waals surface area contributed by atoms with Crippen LogP contribution in [-0.2, 0) is 0 Å². The molecule has 0 saturated carbocycles. The van der Waals surface area contributed by atoms with E-state index in [4.69, 9.17) is 23.2 Å². The summed E-state index contributed by atoms with van der Waals surface area (Å²) in [6.07, 6.45) is 0. The number of rotatable bonds is 2. The molecular weight excluding hydrogens is 291 g/mol. The summed E-state index contributed by atoms with van der Waals surface area (Å²) in [5, 5.41) is 2.85. The van der Waals surface area contributed by atoms with Crippen molar-refractivity contribution in [2.45, 2.75) is 0 Å². The first-order valence-corrected chi connectivity index (χ1v) is 6.90. The zero-order valence-corrected chi connectivity index (χ0v) is 11.9. The van der Waals surface area contributed by atoms with Crippen LogP contribution in [0, 0.1) is 0 Å². The van der Waals surface area contributed by atoms with Gasteiger partial charge in [-0.15, -0.1) is 0 Å². The molecule has 98 valence electrons. The molecule has 0 aliphatic heterocycles. The Morgan fingerprint density at radius 3 is 2.10 bits per heavy atom. The fourth-order valence-electron chi connectivity index (χ4n) is 2.19. The molecule has 0 fully saturated rings. The summed E-state index contributed by atoms with van der Waals surface area (Å²) in [6.45, 7) is 0. The van der Waals surface area contributed by atoms with Gasteiger partial charge in [0.15, 0.2) is 5.78 Å². The molecule has 1 nitrogen and oxygen atoms in total. The van der Waals surface area contributed by atoms with E-state index in [1.165, 1.54) is 0 Å². The van der Waals surface area contributed by atoms with Gasteiger partial charge in [-0.25, -0.2) is 0 Å². The maximum Gasteiger partial charge on any atom is 0.196 e. The van der Waals surface area contributed by atoms with Gasteiger partial charge in [0, 0.05) is 5.56 Å². The van der Waals surface area contributed by atoms with E-state index in [0.717, 1.165) is 10.8 Å². The van der Waals surface area contributed by atoms with Crippen molar-refractivity contribution in [3.05, 3.63) is 81.8 Å². The zero-order chi connectivity index (χ0) is 14.1. The number of benzene rings is 3. The molecule has 0 spiro atoms. The van der Waals surface area contributed by atoms with E-state index < -0.39 is 0 Å². The van der Waals surface area contributed by atoms with Gasteiger partial charge >= 0.3 is 0 Å². The van der Waals surface area contributed by atoms with Crippen LogP contribution in [0.5, 0.6) is 0 Å². The lowest BCUT2D eigenvalue weighted by molar-refractivity contribution is 0.103. The van der Waals surface area contributed by atoms with E-state index >= 15 is 0 Å².